The zero-order valence-corrected chi connectivity index (χ0v) is 23.3. The summed E-state index contributed by atoms with van der Waals surface area (Å²) < 4.78 is 14.6. The highest BCUT2D eigenvalue weighted by atomic mass is 79.9. The van der Waals surface area contributed by atoms with E-state index in [1.54, 1.807) is 12.3 Å². The van der Waals surface area contributed by atoms with Gasteiger partial charge in [-0.1, -0.05) is 88.7 Å². The lowest BCUT2D eigenvalue weighted by molar-refractivity contribution is 0.306. The van der Waals surface area contributed by atoms with Crippen molar-refractivity contribution in [1.82, 2.24) is 9.66 Å². The Morgan fingerprint density at radius 2 is 1.61 bits per heavy atom. The summed E-state index contributed by atoms with van der Waals surface area (Å²) in [6.45, 7) is 0.400. The fourth-order valence-corrected chi connectivity index (χ4v) is 5.28. The largest absolute Gasteiger partial charge is 0.488 e. The zero-order chi connectivity index (χ0) is 27.8. The monoisotopic (exact) mass is 599 g/mol. The lowest BCUT2D eigenvalue weighted by Gasteiger charge is -2.12. The third kappa shape index (κ3) is 4.81. The number of benzene rings is 5. The molecule has 2 aromatic heterocycles. The molecule has 5 aromatic carbocycles. The SMILES string of the molecule is O=c1c2ccccc2nc(-c2cc3cc(Br)ccc3o2)n1N=Cc1c(OCc2ccccc2)ccc2ccccc12. The molecule has 0 aliphatic rings. The van der Waals surface area contributed by atoms with Crippen LogP contribution >= 0.6 is 15.9 Å². The van der Waals surface area contributed by atoms with Crippen molar-refractivity contribution in [3.8, 4) is 17.3 Å². The van der Waals surface area contributed by atoms with E-state index >= 15 is 0 Å². The molecule has 0 saturated carbocycles. The lowest BCUT2D eigenvalue weighted by Crippen LogP contribution is -2.20. The molecule has 0 saturated heterocycles. The van der Waals surface area contributed by atoms with E-state index in [0.717, 1.165) is 31.8 Å². The van der Waals surface area contributed by atoms with Gasteiger partial charge in [-0.25, -0.2) is 4.98 Å². The molecule has 6 nitrogen and oxygen atoms in total. The molecule has 0 N–H and O–H groups in total. The van der Waals surface area contributed by atoms with Gasteiger partial charge in [0.25, 0.3) is 5.56 Å². The van der Waals surface area contributed by atoms with Crippen molar-refractivity contribution in [3.05, 3.63) is 141 Å². The first kappa shape index (κ1) is 25.0. The summed E-state index contributed by atoms with van der Waals surface area (Å²) in [6, 6.07) is 36.8. The highest BCUT2D eigenvalue weighted by molar-refractivity contribution is 9.10. The van der Waals surface area contributed by atoms with Gasteiger partial charge in [-0.05, 0) is 58.8 Å². The van der Waals surface area contributed by atoms with Crippen molar-refractivity contribution in [2.75, 3.05) is 0 Å². The summed E-state index contributed by atoms with van der Waals surface area (Å²) in [7, 11) is 0. The number of ether oxygens (including phenoxy) is 1. The summed E-state index contributed by atoms with van der Waals surface area (Å²) in [5, 5.41) is 8.07. The lowest BCUT2D eigenvalue weighted by atomic mass is 10.0. The second-order valence-electron chi connectivity index (χ2n) is 9.58. The van der Waals surface area contributed by atoms with E-state index in [4.69, 9.17) is 19.2 Å². The first-order valence-electron chi connectivity index (χ1n) is 13.1. The number of para-hydroxylation sites is 1. The minimum Gasteiger partial charge on any atom is -0.488 e. The molecular formula is C34H22BrN3O3. The maximum atomic E-state index is 13.8. The van der Waals surface area contributed by atoms with Gasteiger partial charge >= 0.3 is 0 Å². The van der Waals surface area contributed by atoms with Gasteiger partial charge in [0, 0.05) is 15.4 Å². The van der Waals surface area contributed by atoms with E-state index in [-0.39, 0.29) is 5.56 Å². The molecule has 0 bridgehead atoms. The fraction of sp³-hybridized carbons (Fsp3) is 0.0294. The second-order valence-corrected chi connectivity index (χ2v) is 10.5. The van der Waals surface area contributed by atoms with Gasteiger partial charge in [-0.15, -0.1) is 0 Å². The molecule has 2 heterocycles. The van der Waals surface area contributed by atoms with Crippen molar-refractivity contribution >= 4 is 54.8 Å². The Morgan fingerprint density at radius 1 is 0.829 bits per heavy atom. The molecule has 0 radical (unpaired) electrons. The van der Waals surface area contributed by atoms with Gasteiger partial charge in [-0.2, -0.15) is 9.78 Å². The first-order chi connectivity index (χ1) is 20.1. The van der Waals surface area contributed by atoms with E-state index in [1.807, 2.05) is 109 Å². The van der Waals surface area contributed by atoms with E-state index in [2.05, 4.69) is 15.9 Å². The minimum absolute atomic E-state index is 0.296. The van der Waals surface area contributed by atoms with Crippen LogP contribution < -0.4 is 10.3 Å². The number of furan rings is 1. The second kappa shape index (κ2) is 10.5. The van der Waals surface area contributed by atoms with Crippen molar-refractivity contribution < 1.29 is 9.15 Å². The van der Waals surface area contributed by atoms with Crippen molar-refractivity contribution in [1.29, 1.82) is 0 Å². The van der Waals surface area contributed by atoms with Gasteiger partial charge in [0.05, 0.1) is 17.1 Å². The maximum Gasteiger partial charge on any atom is 0.282 e. The molecular weight excluding hydrogens is 578 g/mol. The number of halogens is 1. The maximum absolute atomic E-state index is 13.8. The number of fused-ring (bicyclic) bond motifs is 3. The minimum atomic E-state index is -0.296. The van der Waals surface area contributed by atoms with Crippen LogP contribution in [-0.4, -0.2) is 15.9 Å². The zero-order valence-electron chi connectivity index (χ0n) is 21.7. The van der Waals surface area contributed by atoms with Gasteiger partial charge in [-0.3, -0.25) is 4.79 Å². The Bertz CT molecular complexity index is 2150. The van der Waals surface area contributed by atoms with Crippen LogP contribution in [0.3, 0.4) is 0 Å². The first-order valence-corrected chi connectivity index (χ1v) is 13.9. The van der Waals surface area contributed by atoms with Crippen molar-refractivity contribution in [2.24, 2.45) is 5.10 Å². The molecule has 0 amide bonds. The Hall–Kier alpha value is -5.01. The molecule has 0 unspecified atom stereocenters. The van der Waals surface area contributed by atoms with Crippen LogP contribution in [0.25, 0.3) is 44.2 Å². The third-order valence-electron chi connectivity index (χ3n) is 6.92. The van der Waals surface area contributed by atoms with Crippen molar-refractivity contribution in [2.45, 2.75) is 6.61 Å². The molecule has 0 spiro atoms. The van der Waals surface area contributed by atoms with Crippen LogP contribution in [0.5, 0.6) is 5.75 Å². The molecule has 0 atom stereocenters. The van der Waals surface area contributed by atoms with Crippen LogP contribution in [0.4, 0.5) is 0 Å². The van der Waals surface area contributed by atoms with Gasteiger partial charge in [0.15, 0.2) is 5.76 Å². The normalized spacial score (nSPS) is 11.6. The summed E-state index contributed by atoms with van der Waals surface area (Å²) in [4.78, 5) is 18.6. The standard InChI is InChI=1S/C34H22BrN3O3/c35-25-15-17-30-24(18-25)19-32(41-30)33-37-29-13-7-6-12-27(29)34(39)38(33)36-20-28-26-11-5-4-10-23(26)14-16-31(28)40-21-22-8-2-1-3-9-22/h1-20H,21H2. The predicted octanol–water partition coefficient (Wildman–Crippen LogP) is 8.19. The van der Waals surface area contributed by atoms with E-state index in [1.165, 1.54) is 4.68 Å². The molecule has 0 fully saturated rings. The fourth-order valence-electron chi connectivity index (χ4n) is 4.90. The van der Waals surface area contributed by atoms with E-state index < -0.39 is 0 Å². The number of aromatic nitrogens is 2. The Morgan fingerprint density at radius 3 is 2.49 bits per heavy atom. The summed E-state index contributed by atoms with van der Waals surface area (Å²) in [5.41, 5.74) is 2.77. The van der Waals surface area contributed by atoms with Crippen LogP contribution in [0.15, 0.2) is 134 Å². The Labute approximate surface area is 243 Å². The van der Waals surface area contributed by atoms with Gasteiger partial charge in [0.2, 0.25) is 5.82 Å². The quantitative estimate of drug-likeness (QED) is 0.181. The summed E-state index contributed by atoms with van der Waals surface area (Å²) >= 11 is 3.51. The topological polar surface area (TPSA) is 69.6 Å². The molecule has 198 valence electrons. The third-order valence-corrected chi connectivity index (χ3v) is 7.42. The molecule has 7 heteroatoms. The van der Waals surface area contributed by atoms with Gasteiger partial charge in [0.1, 0.15) is 17.9 Å². The number of rotatable bonds is 6. The van der Waals surface area contributed by atoms with E-state index in [0.29, 0.717) is 40.4 Å². The average Bonchev–Trinajstić information content (AvgIpc) is 3.43. The Balaban J connectivity index is 1.39. The molecule has 7 aromatic rings. The van der Waals surface area contributed by atoms with Crippen LogP contribution in [0.1, 0.15) is 11.1 Å². The predicted molar refractivity (Wildman–Crippen MR) is 167 cm³/mol. The number of nitrogens with zero attached hydrogens (tertiary/aromatic N) is 3. The van der Waals surface area contributed by atoms with Crippen LogP contribution in [0, 0.1) is 0 Å². The highest BCUT2D eigenvalue weighted by Crippen LogP contribution is 2.30. The van der Waals surface area contributed by atoms with Gasteiger partial charge < -0.3 is 9.15 Å². The Kier molecular flexibility index (Phi) is 6.41. The smallest absolute Gasteiger partial charge is 0.282 e. The molecule has 7 rings (SSSR count). The molecule has 0 aliphatic heterocycles. The highest BCUT2D eigenvalue weighted by Gasteiger charge is 2.17. The number of hydrogen-bond donors (Lipinski definition) is 0. The van der Waals surface area contributed by atoms with Crippen LogP contribution in [-0.2, 0) is 6.61 Å². The van der Waals surface area contributed by atoms with Crippen molar-refractivity contribution in [3.63, 3.8) is 0 Å². The van der Waals surface area contributed by atoms with E-state index in [9.17, 15) is 4.79 Å². The number of hydrogen-bond acceptors (Lipinski definition) is 5. The average molecular weight is 600 g/mol. The van der Waals surface area contributed by atoms with Crippen LogP contribution in [0.2, 0.25) is 0 Å². The summed E-state index contributed by atoms with van der Waals surface area (Å²) in [5.74, 6) is 1.41. The molecule has 0 aliphatic carbocycles. The summed E-state index contributed by atoms with van der Waals surface area (Å²) in [6.07, 6.45) is 1.67. The molecule has 41 heavy (non-hydrogen) atoms.